The van der Waals surface area contributed by atoms with E-state index in [-0.39, 0.29) is 17.7 Å². The molecule has 3 N–H and O–H groups in total. The van der Waals surface area contributed by atoms with Gasteiger partial charge in [0.25, 0.3) is 0 Å². The third-order valence-electron chi connectivity index (χ3n) is 4.67. The summed E-state index contributed by atoms with van der Waals surface area (Å²) in [4.78, 5) is 25.4. The summed E-state index contributed by atoms with van der Waals surface area (Å²) in [5.74, 6) is -0.253. The fourth-order valence-corrected chi connectivity index (χ4v) is 3.18. The number of para-hydroxylation sites is 1. The van der Waals surface area contributed by atoms with Crippen LogP contribution in [0.15, 0.2) is 60.7 Å². The first-order valence-electron chi connectivity index (χ1n) is 9.13. The summed E-state index contributed by atoms with van der Waals surface area (Å²) >= 11 is 0. The van der Waals surface area contributed by atoms with E-state index in [0.717, 1.165) is 37.2 Å². The fourth-order valence-electron chi connectivity index (χ4n) is 3.18. The first kappa shape index (κ1) is 18.1. The molecule has 136 valence electrons. The second-order valence-corrected chi connectivity index (χ2v) is 6.63. The quantitative estimate of drug-likeness (QED) is 0.748. The molecule has 2 aromatic carbocycles. The van der Waals surface area contributed by atoms with E-state index in [9.17, 15) is 9.59 Å². The molecule has 1 heterocycles. The van der Waals surface area contributed by atoms with E-state index in [2.05, 4.69) is 16.0 Å². The number of anilines is 1. The van der Waals surface area contributed by atoms with Crippen LogP contribution in [-0.2, 0) is 16.0 Å². The van der Waals surface area contributed by atoms with Gasteiger partial charge in [-0.1, -0.05) is 48.5 Å². The van der Waals surface area contributed by atoms with Crippen molar-refractivity contribution in [3.8, 4) is 0 Å². The lowest BCUT2D eigenvalue weighted by Gasteiger charge is -2.25. The van der Waals surface area contributed by atoms with Gasteiger partial charge in [0.2, 0.25) is 11.8 Å². The summed E-state index contributed by atoms with van der Waals surface area (Å²) in [6.45, 7) is 1.69. The average Bonchev–Trinajstić information content (AvgIpc) is 2.69. The molecule has 1 aliphatic rings. The number of benzene rings is 2. The molecular weight excluding hydrogens is 326 g/mol. The predicted molar refractivity (Wildman–Crippen MR) is 103 cm³/mol. The molecule has 2 amide bonds. The van der Waals surface area contributed by atoms with E-state index in [1.54, 1.807) is 0 Å². The van der Waals surface area contributed by atoms with Crippen LogP contribution in [0.25, 0.3) is 0 Å². The van der Waals surface area contributed by atoms with Crippen molar-refractivity contribution in [3.63, 3.8) is 0 Å². The molecule has 3 rings (SSSR count). The summed E-state index contributed by atoms with van der Waals surface area (Å²) in [6, 6.07) is 18.5. The average molecular weight is 351 g/mol. The lowest BCUT2D eigenvalue weighted by atomic mass is 9.96. The number of hydrogen-bond donors (Lipinski definition) is 3. The Morgan fingerprint density at radius 1 is 0.962 bits per heavy atom. The van der Waals surface area contributed by atoms with Gasteiger partial charge in [0.1, 0.15) is 6.04 Å². The molecule has 1 unspecified atom stereocenters. The Hall–Kier alpha value is -2.66. The van der Waals surface area contributed by atoms with Crippen molar-refractivity contribution < 1.29 is 9.59 Å². The van der Waals surface area contributed by atoms with Crippen LogP contribution in [0.1, 0.15) is 18.4 Å². The Labute approximate surface area is 154 Å². The normalized spacial score (nSPS) is 15.8. The predicted octanol–water partition coefficient (Wildman–Crippen LogP) is 2.35. The standard InChI is InChI=1S/C21H25N3O2/c25-20(17-11-13-22-14-12-17)24-19(15-16-7-3-1-4-8-16)21(26)23-18-9-5-2-6-10-18/h1-10,17,19,22H,11-15H2,(H,23,26)(H,24,25). The van der Waals surface area contributed by atoms with Crippen molar-refractivity contribution in [1.82, 2.24) is 10.6 Å². The highest BCUT2D eigenvalue weighted by atomic mass is 16.2. The first-order chi connectivity index (χ1) is 12.7. The molecule has 5 heteroatoms. The molecule has 1 aliphatic heterocycles. The largest absolute Gasteiger partial charge is 0.344 e. The van der Waals surface area contributed by atoms with Gasteiger partial charge in [-0.15, -0.1) is 0 Å². The van der Waals surface area contributed by atoms with Gasteiger partial charge in [0.15, 0.2) is 0 Å². The van der Waals surface area contributed by atoms with Crippen LogP contribution < -0.4 is 16.0 Å². The van der Waals surface area contributed by atoms with Crippen molar-refractivity contribution >= 4 is 17.5 Å². The number of carbonyl (C=O) groups is 2. The minimum atomic E-state index is -0.597. The van der Waals surface area contributed by atoms with Crippen LogP contribution in [0, 0.1) is 5.92 Å². The Kier molecular flexibility index (Phi) is 6.39. The second-order valence-electron chi connectivity index (χ2n) is 6.63. The van der Waals surface area contributed by atoms with Gasteiger partial charge in [-0.2, -0.15) is 0 Å². The monoisotopic (exact) mass is 351 g/mol. The maximum absolute atomic E-state index is 12.8. The Morgan fingerprint density at radius 3 is 2.23 bits per heavy atom. The van der Waals surface area contributed by atoms with Gasteiger partial charge in [0.05, 0.1) is 0 Å². The van der Waals surface area contributed by atoms with Gasteiger partial charge < -0.3 is 16.0 Å². The van der Waals surface area contributed by atoms with Gasteiger partial charge in [-0.25, -0.2) is 0 Å². The minimum Gasteiger partial charge on any atom is -0.344 e. The van der Waals surface area contributed by atoms with Crippen LogP contribution in [0.4, 0.5) is 5.69 Å². The number of nitrogens with one attached hydrogen (secondary N) is 3. The van der Waals surface area contributed by atoms with E-state index in [0.29, 0.717) is 6.42 Å². The molecule has 0 aromatic heterocycles. The summed E-state index contributed by atoms with van der Waals surface area (Å²) in [5.41, 5.74) is 1.75. The van der Waals surface area contributed by atoms with Gasteiger partial charge in [-0.05, 0) is 43.6 Å². The maximum atomic E-state index is 12.8. The van der Waals surface area contributed by atoms with Crippen LogP contribution in [0.5, 0.6) is 0 Å². The van der Waals surface area contributed by atoms with Crippen LogP contribution in [0.3, 0.4) is 0 Å². The lowest BCUT2D eigenvalue weighted by Crippen LogP contribution is -2.48. The van der Waals surface area contributed by atoms with Crippen molar-refractivity contribution in [2.24, 2.45) is 5.92 Å². The van der Waals surface area contributed by atoms with Gasteiger partial charge in [-0.3, -0.25) is 9.59 Å². The Balaban J connectivity index is 1.70. The molecule has 26 heavy (non-hydrogen) atoms. The molecule has 5 nitrogen and oxygen atoms in total. The topological polar surface area (TPSA) is 70.2 Å². The molecule has 1 fully saturated rings. The number of hydrogen-bond acceptors (Lipinski definition) is 3. The van der Waals surface area contributed by atoms with Crippen molar-refractivity contribution in [1.29, 1.82) is 0 Å². The lowest BCUT2D eigenvalue weighted by molar-refractivity contribution is -0.129. The highest BCUT2D eigenvalue weighted by Gasteiger charge is 2.26. The summed E-state index contributed by atoms with van der Waals surface area (Å²) in [7, 11) is 0. The molecule has 0 bridgehead atoms. The van der Waals surface area contributed by atoms with Crippen molar-refractivity contribution in [3.05, 3.63) is 66.2 Å². The summed E-state index contributed by atoms with van der Waals surface area (Å²) < 4.78 is 0. The molecule has 0 aliphatic carbocycles. The van der Waals surface area contributed by atoms with Gasteiger partial charge >= 0.3 is 0 Å². The molecule has 0 radical (unpaired) electrons. The van der Waals surface area contributed by atoms with E-state index in [1.807, 2.05) is 60.7 Å². The molecule has 1 atom stereocenters. The SMILES string of the molecule is O=C(NC(Cc1ccccc1)C(=O)Nc1ccccc1)C1CCNCC1. The van der Waals surface area contributed by atoms with E-state index < -0.39 is 6.04 Å². The van der Waals surface area contributed by atoms with E-state index in [1.165, 1.54) is 0 Å². The number of piperidine rings is 1. The third-order valence-corrected chi connectivity index (χ3v) is 4.67. The van der Waals surface area contributed by atoms with Crippen molar-refractivity contribution in [2.75, 3.05) is 18.4 Å². The van der Waals surface area contributed by atoms with Crippen LogP contribution in [-0.4, -0.2) is 30.9 Å². The summed E-state index contributed by atoms with van der Waals surface area (Å²) in [6.07, 6.45) is 2.09. The van der Waals surface area contributed by atoms with Crippen LogP contribution >= 0.6 is 0 Å². The van der Waals surface area contributed by atoms with Crippen LogP contribution in [0.2, 0.25) is 0 Å². The number of amides is 2. The zero-order valence-electron chi connectivity index (χ0n) is 14.8. The number of rotatable bonds is 6. The molecule has 2 aromatic rings. The summed E-state index contributed by atoms with van der Waals surface area (Å²) in [5, 5.41) is 9.14. The Bertz CT molecular complexity index is 713. The smallest absolute Gasteiger partial charge is 0.247 e. The highest BCUT2D eigenvalue weighted by molar-refractivity contribution is 5.97. The highest BCUT2D eigenvalue weighted by Crippen LogP contribution is 2.14. The second kappa shape index (κ2) is 9.15. The maximum Gasteiger partial charge on any atom is 0.247 e. The molecule has 0 spiro atoms. The number of carbonyl (C=O) groups excluding carboxylic acids is 2. The third kappa shape index (κ3) is 5.17. The van der Waals surface area contributed by atoms with E-state index in [4.69, 9.17) is 0 Å². The minimum absolute atomic E-state index is 0.0287. The first-order valence-corrected chi connectivity index (χ1v) is 9.13. The van der Waals surface area contributed by atoms with Crippen molar-refractivity contribution in [2.45, 2.75) is 25.3 Å². The zero-order valence-corrected chi connectivity index (χ0v) is 14.8. The molecule has 1 saturated heterocycles. The Morgan fingerprint density at radius 2 is 1.58 bits per heavy atom. The van der Waals surface area contributed by atoms with Gasteiger partial charge in [0, 0.05) is 18.0 Å². The van der Waals surface area contributed by atoms with E-state index >= 15 is 0 Å². The molecular formula is C21H25N3O2. The zero-order chi connectivity index (χ0) is 18.2. The molecule has 0 saturated carbocycles. The fraction of sp³-hybridized carbons (Fsp3) is 0.333.